The summed E-state index contributed by atoms with van der Waals surface area (Å²) in [4.78, 5) is 111. The van der Waals surface area contributed by atoms with Crippen molar-refractivity contribution in [3.63, 3.8) is 0 Å². The molecular formula is C88H100BBr4F6N15O14. The van der Waals surface area contributed by atoms with Gasteiger partial charge < -0.3 is 57.7 Å². The molecule has 3 heterocycles. The number of carbonyl (C=O) groups excluding carboxylic acids is 6. The highest BCUT2D eigenvalue weighted by Crippen LogP contribution is 2.44. The Morgan fingerprint density at radius 3 is 0.961 bits per heavy atom. The number of aliphatic hydroxyl groups is 1. The number of methoxy groups -OCH3 is 1. The fourth-order valence-electron chi connectivity index (χ4n) is 16.5. The number of hydrogen-bond acceptors (Lipinski definition) is 20. The third-order valence-corrected chi connectivity index (χ3v) is 23.6. The molecule has 128 heavy (non-hydrogen) atoms. The fraction of sp³-hybridized carbons (Fsp3) is 0.420. The van der Waals surface area contributed by atoms with Crippen LogP contribution in [0.2, 0.25) is 0 Å². The van der Waals surface area contributed by atoms with Crippen molar-refractivity contribution in [2.24, 2.45) is 0 Å². The van der Waals surface area contributed by atoms with Gasteiger partial charge >= 0.3 is 39.4 Å². The number of benzene rings is 6. The van der Waals surface area contributed by atoms with Crippen molar-refractivity contribution in [2.75, 3.05) is 106 Å². The number of nitriles is 3. The van der Waals surface area contributed by atoms with Gasteiger partial charge in [0.2, 0.25) is 0 Å². The fourth-order valence-corrected chi connectivity index (χ4v) is 17.0. The van der Waals surface area contributed by atoms with Crippen molar-refractivity contribution in [1.29, 1.82) is 15.8 Å². The van der Waals surface area contributed by atoms with Crippen molar-refractivity contribution in [1.82, 2.24) is 62.6 Å². The van der Waals surface area contributed by atoms with E-state index in [1.165, 1.54) is 46.6 Å². The average molecular weight is 2040 g/mol. The molecule has 12 amide bonds. The molecule has 0 aromatic heterocycles. The molecular weight excluding hydrogens is 1940 g/mol. The molecule has 0 radical (unpaired) electrons. The second kappa shape index (κ2) is 50.5. The van der Waals surface area contributed by atoms with Crippen LogP contribution in [0.25, 0.3) is 0 Å². The van der Waals surface area contributed by atoms with Crippen LogP contribution in [0.4, 0.5) is 55.1 Å². The molecule has 3 saturated carbocycles. The van der Waals surface area contributed by atoms with Crippen LogP contribution in [-0.2, 0) is 50.3 Å². The maximum Gasteiger partial charge on any atom is 0.369 e. The zero-order chi connectivity index (χ0) is 92.5. The number of carbonyl (C=O) groups is 6. The molecule has 0 bridgehead atoms. The number of hydrogen-bond donors (Lipinski definition) is 10. The highest BCUT2D eigenvalue weighted by atomic mass is 79.9. The summed E-state index contributed by atoms with van der Waals surface area (Å²) in [6.45, 7) is 0.660. The Labute approximate surface area is 771 Å². The molecule has 3 fully saturated rings. The maximum absolute atomic E-state index is 14.3. The van der Waals surface area contributed by atoms with Crippen molar-refractivity contribution in [3.05, 3.63) is 248 Å². The van der Waals surface area contributed by atoms with Gasteiger partial charge in [-0.15, -0.1) is 47.3 Å². The number of nitrogens with zero attached hydrogens (tertiary/aromatic N) is 6. The first-order valence-corrected chi connectivity index (χ1v) is 44.9. The molecule has 10 N–H and O–H groups in total. The van der Waals surface area contributed by atoms with Crippen molar-refractivity contribution < 1.29 is 94.3 Å². The number of nitrogens with one attached hydrogen (secondary N) is 9. The molecule has 40 heteroatoms. The molecule has 3 aliphatic carbocycles. The quantitative estimate of drug-likeness (QED) is 0.00482. The van der Waals surface area contributed by atoms with Crippen LogP contribution in [0.5, 0.6) is 0 Å². The minimum Gasteiger partial charge on any atom is -0.390 e. The molecule has 12 rings (SSSR count). The third-order valence-electron chi connectivity index (χ3n) is 23.0. The summed E-state index contributed by atoms with van der Waals surface area (Å²) in [5.74, 6) is -6.58. The van der Waals surface area contributed by atoms with Crippen LogP contribution >= 0.6 is 63.2 Å². The zero-order valence-corrected chi connectivity index (χ0v) is 76.9. The molecule has 684 valence electrons. The molecule has 0 saturated heterocycles. The van der Waals surface area contributed by atoms with Gasteiger partial charge in [-0.05, 0) is 147 Å². The topological polar surface area (TPSA) is 377 Å². The number of urea groups is 6. The SMILES string of the molecule is BrB(Br)Br.COCC1=C(COOC)C(c2ccc(F)c(F)c2)N(C(=O)NCCNC2CCC(C#N)(c3ccccc3)CC2)C(=O)N1.COOCC1=C(CBr)NC(=O)N(C(=O)NCCNC2CCC(C#N)(c3ccccc3)CC2)C1c1ccc(F)c(F)c1.COOCC1=C(CO)NC(=O)N(C(=O)NCCNC2CCC(C#N)(c3ccccc3)CC2)C1c1ccc(F)c(F)c1. The van der Waals surface area contributed by atoms with E-state index in [9.17, 15) is 76.0 Å². The monoisotopic (exact) mass is 2030 g/mol. The Balaban J connectivity index is 0.000000212. The van der Waals surface area contributed by atoms with Gasteiger partial charge in [-0.25, -0.2) is 99.1 Å². The lowest BCUT2D eigenvalue weighted by atomic mass is 9.69. The first-order valence-electron chi connectivity index (χ1n) is 41.0. The second-order valence-electron chi connectivity index (χ2n) is 30.5. The molecule has 3 aliphatic heterocycles. The average Bonchev–Trinajstić information content (AvgIpc) is 0.768. The number of aliphatic hydroxyl groups excluding tert-OH is 1. The number of alkyl halides is 1. The number of amides is 12. The second-order valence-corrected chi connectivity index (χ2v) is 37.5. The van der Waals surface area contributed by atoms with Gasteiger partial charge in [0.1, 0.15) is 19.8 Å². The van der Waals surface area contributed by atoms with E-state index in [4.69, 9.17) is 29.2 Å². The number of rotatable bonds is 31. The van der Waals surface area contributed by atoms with Gasteiger partial charge in [0.25, 0.3) is 0 Å². The third kappa shape index (κ3) is 26.8. The van der Waals surface area contributed by atoms with Crippen molar-refractivity contribution in [2.45, 2.75) is 130 Å². The summed E-state index contributed by atoms with van der Waals surface area (Å²) in [7, 11) is 5.31. The first-order chi connectivity index (χ1) is 61.7. The molecule has 6 aromatic carbocycles. The van der Waals surface area contributed by atoms with Crippen LogP contribution in [-0.4, -0.2) is 183 Å². The van der Waals surface area contributed by atoms with E-state index in [0.717, 1.165) is 132 Å². The number of allylic oxidation sites excluding steroid dienone is 1. The Morgan fingerprint density at radius 1 is 0.430 bits per heavy atom. The molecule has 0 spiro atoms. The summed E-state index contributed by atoms with van der Waals surface area (Å²) < 4.78 is 89.3. The van der Waals surface area contributed by atoms with Crippen LogP contribution in [0.15, 0.2) is 179 Å². The van der Waals surface area contributed by atoms with E-state index < -0.39 is 112 Å². The van der Waals surface area contributed by atoms with Crippen LogP contribution < -0.4 is 47.9 Å². The van der Waals surface area contributed by atoms with Gasteiger partial charge in [-0.2, -0.15) is 15.8 Å². The first kappa shape index (κ1) is 102. The lowest BCUT2D eigenvalue weighted by Gasteiger charge is -2.38. The molecule has 6 aliphatic rings. The highest BCUT2D eigenvalue weighted by molar-refractivity contribution is 9.69. The van der Waals surface area contributed by atoms with Gasteiger partial charge in [0.05, 0.1) is 87.1 Å². The molecule has 29 nitrogen and oxygen atoms in total. The lowest BCUT2D eigenvalue weighted by molar-refractivity contribution is -0.266. The zero-order valence-electron chi connectivity index (χ0n) is 70.6. The van der Waals surface area contributed by atoms with E-state index in [2.05, 4.69) is 134 Å². The van der Waals surface area contributed by atoms with Gasteiger partial charge in [0, 0.05) is 104 Å². The minimum atomic E-state index is -1.19. The Kier molecular flexibility index (Phi) is 40.3. The summed E-state index contributed by atoms with van der Waals surface area (Å²) >= 11 is 12.6. The number of ether oxygens (including phenoxy) is 1. The van der Waals surface area contributed by atoms with Gasteiger partial charge in [0.15, 0.2) is 34.9 Å². The smallest absolute Gasteiger partial charge is 0.369 e. The van der Waals surface area contributed by atoms with E-state index in [-0.39, 0.29) is 101 Å². The molecule has 3 atom stereocenters. The summed E-state index contributed by atoms with van der Waals surface area (Å²) in [5, 5.41) is 66.0. The summed E-state index contributed by atoms with van der Waals surface area (Å²) in [6, 6.07) is 39.1. The summed E-state index contributed by atoms with van der Waals surface area (Å²) in [5.41, 5.74) is 3.93. The van der Waals surface area contributed by atoms with Crippen molar-refractivity contribution in [3.8, 4) is 18.2 Å². The van der Waals surface area contributed by atoms with Crippen LogP contribution in [0.3, 0.4) is 0 Å². The van der Waals surface area contributed by atoms with Gasteiger partial charge in [-0.3, -0.25) is 0 Å². The summed E-state index contributed by atoms with van der Waals surface area (Å²) in [6.07, 6.45) is 9.16. The molecule has 6 aromatic rings. The van der Waals surface area contributed by atoms with Gasteiger partial charge in [-0.1, -0.05) is 125 Å². The Bertz CT molecular complexity index is 4780. The number of imide groups is 3. The van der Waals surface area contributed by atoms with Crippen LogP contribution in [0.1, 0.15) is 129 Å². The Morgan fingerprint density at radius 2 is 0.703 bits per heavy atom. The van der Waals surface area contributed by atoms with E-state index in [0.29, 0.717) is 55.0 Å². The van der Waals surface area contributed by atoms with E-state index in [1.54, 1.807) is 0 Å². The largest absolute Gasteiger partial charge is 0.390 e. The van der Waals surface area contributed by atoms with Crippen LogP contribution in [0, 0.1) is 68.9 Å². The predicted molar refractivity (Wildman–Crippen MR) is 476 cm³/mol. The predicted octanol–water partition coefficient (Wildman–Crippen LogP) is 14.9. The van der Waals surface area contributed by atoms with E-state index >= 15 is 0 Å². The normalized spacial score (nSPS) is 22.1. The Hall–Kier alpha value is -9.65. The maximum atomic E-state index is 14.3. The molecule has 3 unspecified atom stereocenters. The highest BCUT2D eigenvalue weighted by Gasteiger charge is 2.46. The van der Waals surface area contributed by atoms with Crippen molar-refractivity contribution >= 4 is 103 Å². The number of halogens is 10. The standard InChI is InChI=1S/C30H35F2N5O5.C29H32BrF2N5O4.C29H33F2N5O5.BBr3/c1-40-18-26-23(17-42-41-2)27(20-8-9-24(31)25(32)16-20)37(29(39)36-26)28(38)35-15-14-34-22-10-12-30(19-33,13-11-22)21-6-4-3-5-7-21;1-40-41-17-22-25(16-30)36-28(39)37(26(22)19-7-8-23(31)24(32)15-19)27(38)35-14-13-34-21-9-11-29(18-33,12-10-21)20-5-3-2-4-6-20;1-40-41-17-22-25(16-37)35-28(39)36(26(22)19-7-8-23(30)24(31)15-19)27(38)34-14-13-33-21-9-11-29(18-32,12-10-21)20-5-3-2-4-6-20;2-1(3)4/h3-9,16,22,27,34H,10-15,17-18H2,1-2H3,(H,35,38)(H,36,39);2-8,15,21,26,34H,9-14,16-17H2,1H3,(H,35,38)(H,36,39);2-8,15,21,26,33,37H,9-14,16-17H2,1H3,(H,34,38)(H,35,39);. The lowest BCUT2D eigenvalue weighted by Crippen LogP contribution is -2.55. The van der Waals surface area contributed by atoms with E-state index in [1.807, 2.05) is 91.0 Å². The minimum absolute atomic E-state index is 0.0214.